The van der Waals surface area contributed by atoms with Crippen LogP contribution in [0.2, 0.25) is 0 Å². The van der Waals surface area contributed by atoms with Crippen LogP contribution in [0.1, 0.15) is 40.7 Å². The Morgan fingerprint density at radius 1 is 1.17 bits per heavy atom. The SMILES string of the molecule is N#Cc1ccc(-c2ncccn2)c(C(=O)N2CC3(CC3)C[C@H]2CNc2ccc(C(F)(F)F)cn2)c1. The van der Waals surface area contributed by atoms with Gasteiger partial charge in [-0.2, -0.15) is 18.4 Å². The van der Waals surface area contributed by atoms with Crippen molar-refractivity contribution in [3.8, 4) is 17.5 Å². The van der Waals surface area contributed by atoms with Crippen LogP contribution < -0.4 is 5.32 Å². The molecule has 5 rings (SSSR count). The van der Waals surface area contributed by atoms with E-state index in [-0.39, 0.29) is 17.4 Å². The number of pyridine rings is 1. The molecular formula is C25H21F3N6O. The van der Waals surface area contributed by atoms with Gasteiger partial charge in [0.05, 0.1) is 22.8 Å². The summed E-state index contributed by atoms with van der Waals surface area (Å²) in [6.07, 6.45) is 2.37. The van der Waals surface area contributed by atoms with Crippen molar-refractivity contribution in [2.24, 2.45) is 5.41 Å². The Balaban J connectivity index is 1.39. The Kier molecular flexibility index (Phi) is 5.63. The summed E-state index contributed by atoms with van der Waals surface area (Å²) in [7, 11) is 0. The lowest BCUT2D eigenvalue weighted by Gasteiger charge is -2.26. The Morgan fingerprint density at radius 2 is 1.94 bits per heavy atom. The number of carbonyl (C=O) groups excluding carboxylic acids is 1. The van der Waals surface area contributed by atoms with Gasteiger partial charge in [-0.25, -0.2) is 15.0 Å². The van der Waals surface area contributed by atoms with Crippen molar-refractivity contribution in [2.45, 2.75) is 31.5 Å². The smallest absolute Gasteiger partial charge is 0.368 e. The maximum absolute atomic E-state index is 13.8. The van der Waals surface area contributed by atoms with Crippen molar-refractivity contribution in [3.63, 3.8) is 0 Å². The molecule has 178 valence electrons. The van der Waals surface area contributed by atoms with E-state index in [4.69, 9.17) is 0 Å². The first-order valence-corrected chi connectivity index (χ1v) is 11.2. The van der Waals surface area contributed by atoms with Crippen LogP contribution in [-0.4, -0.2) is 44.9 Å². The van der Waals surface area contributed by atoms with Crippen LogP contribution in [0.15, 0.2) is 55.0 Å². The minimum absolute atomic E-state index is 0.0752. The number of nitrogens with zero attached hydrogens (tertiary/aromatic N) is 5. The summed E-state index contributed by atoms with van der Waals surface area (Å²) in [5, 5.41) is 12.5. The zero-order valence-corrected chi connectivity index (χ0v) is 18.6. The summed E-state index contributed by atoms with van der Waals surface area (Å²) in [6, 6.07) is 10.7. The summed E-state index contributed by atoms with van der Waals surface area (Å²) < 4.78 is 38.5. The van der Waals surface area contributed by atoms with Crippen molar-refractivity contribution in [1.82, 2.24) is 19.9 Å². The third kappa shape index (κ3) is 4.67. The maximum atomic E-state index is 13.8. The maximum Gasteiger partial charge on any atom is 0.417 e. The van der Waals surface area contributed by atoms with Gasteiger partial charge in [0, 0.05) is 43.3 Å². The standard InChI is InChI=1S/C25H21F3N6O/c26-25(27,28)17-3-5-21(32-13-17)33-14-18-11-24(6-7-24)15-34(18)23(35)20-10-16(12-29)2-4-19(20)22-30-8-1-9-31-22/h1-5,8-10,13,18H,6-7,11,14-15H2,(H,32,33)/t18-/m0/s1. The molecule has 1 saturated heterocycles. The van der Waals surface area contributed by atoms with Gasteiger partial charge in [-0.15, -0.1) is 0 Å². The molecule has 7 nitrogen and oxygen atoms in total. The molecule has 0 unspecified atom stereocenters. The molecule has 3 aromatic rings. The molecule has 0 radical (unpaired) electrons. The number of alkyl halides is 3. The monoisotopic (exact) mass is 478 g/mol. The topological polar surface area (TPSA) is 94.8 Å². The van der Waals surface area contributed by atoms with E-state index >= 15 is 0 Å². The average molecular weight is 478 g/mol. The van der Waals surface area contributed by atoms with E-state index in [0.29, 0.717) is 41.4 Å². The van der Waals surface area contributed by atoms with Crippen molar-refractivity contribution in [3.05, 3.63) is 71.7 Å². The lowest BCUT2D eigenvalue weighted by molar-refractivity contribution is -0.137. The molecule has 1 aromatic carbocycles. The predicted molar refractivity (Wildman–Crippen MR) is 121 cm³/mol. The van der Waals surface area contributed by atoms with Gasteiger partial charge in [0.2, 0.25) is 0 Å². The van der Waals surface area contributed by atoms with Crippen molar-refractivity contribution >= 4 is 11.7 Å². The number of hydrogen-bond acceptors (Lipinski definition) is 6. The van der Waals surface area contributed by atoms with E-state index in [9.17, 15) is 23.2 Å². The number of nitriles is 1. The fourth-order valence-electron chi connectivity index (χ4n) is 4.59. The summed E-state index contributed by atoms with van der Waals surface area (Å²) in [6.45, 7) is 0.936. The molecule has 2 aliphatic rings. The lowest BCUT2D eigenvalue weighted by Crippen LogP contribution is -2.40. The molecule has 2 fully saturated rings. The second-order valence-corrected chi connectivity index (χ2v) is 9.05. The lowest BCUT2D eigenvalue weighted by atomic mass is 10.0. The second kappa shape index (κ2) is 8.65. The molecule has 1 aliphatic heterocycles. The van der Waals surface area contributed by atoms with Gasteiger partial charge in [0.25, 0.3) is 5.91 Å². The Labute approximate surface area is 199 Å². The van der Waals surface area contributed by atoms with Crippen LogP contribution in [0.3, 0.4) is 0 Å². The Bertz CT molecular complexity index is 1280. The molecule has 1 amide bonds. The third-order valence-corrected chi connectivity index (χ3v) is 6.63. The highest BCUT2D eigenvalue weighted by Crippen LogP contribution is 2.55. The molecule has 1 spiro atoms. The van der Waals surface area contributed by atoms with Gasteiger partial charge in [-0.05, 0) is 61.1 Å². The zero-order valence-electron chi connectivity index (χ0n) is 18.6. The Morgan fingerprint density at radius 3 is 2.57 bits per heavy atom. The van der Waals surface area contributed by atoms with E-state index < -0.39 is 11.7 Å². The Hall–Kier alpha value is -4.00. The molecule has 3 heterocycles. The van der Waals surface area contributed by atoms with Gasteiger partial charge in [0.15, 0.2) is 5.82 Å². The van der Waals surface area contributed by atoms with Gasteiger partial charge < -0.3 is 10.2 Å². The number of aromatic nitrogens is 3. The van der Waals surface area contributed by atoms with Crippen molar-refractivity contribution < 1.29 is 18.0 Å². The summed E-state index contributed by atoms with van der Waals surface area (Å²) >= 11 is 0. The van der Waals surface area contributed by atoms with Gasteiger partial charge >= 0.3 is 6.18 Å². The number of hydrogen-bond donors (Lipinski definition) is 1. The summed E-state index contributed by atoms with van der Waals surface area (Å²) in [5.41, 5.74) is 0.516. The predicted octanol–water partition coefficient (Wildman–Crippen LogP) is 4.54. The average Bonchev–Trinajstić information content (AvgIpc) is 3.53. The van der Waals surface area contributed by atoms with E-state index in [1.54, 1.807) is 41.6 Å². The number of anilines is 1. The number of amides is 1. The zero-order chi connectivity index (χ0) is 24.6. The van der Waals surface area contributed by atoms with Crippen LogP contribution in [0, 0.1) is 16.7 Å². The first kappa shape index (κ1) is 22.8. The minimum atomic E-state index is -4.45. The van der Waals surface area contributed by atoms with Crippen LogP contribution in [0.5, 0.6) is 0 Å². The molecule has 35 heavy (non-hydrogen) atoms. The highest BCUT2D eigenvalue weighted by Gasteiger charge is 2.53. The minimum Gasteiger partial charge on any atom is -0.368 e. The fraction of sp³-hybridized carbons (Fsp3) is 0.320. The molecule has 1 saturated carbocycles. The van der Waals surface area contributed by atoms with Crippen molar-refractivity contribution in [1.29, 1.82) is 5.26 Å². The third-order valence-electron chi connectivity index (χ3n) is 6.63. The molecule has 0 bridgehead atoms. The van der Waals surface area contributed by atoms with Crippen LogP contribution >= 0.6 is 0 Å². The molecule has 1 N–H and O–H groups in total. The second-order valence-electron chi connectivity index (χ2n) is 9.05. The summed E-state index contributed by atoms with van der Waals surface area (Å²) in [4.78, 5) is 28.0. The highest BCUT2D eigenvalue weighted by molar-refractivity contribution is 6.01. The molecule has 1 aliphatic carbocycles. The number of nitrogens with one attached hydrogen (secondary N) is 1. The fourth-order valence-corrected chi connectivity index (χ4v) is 4.59. The first-order chi connectivity index (χ1) is 16.8. The number of halogens is 3. The van der Waals surface area contributed by atoms with Crippen LogP contribution in [-0.2, 0) is 6.18 Å². The molecular weight excluding hydrogens is 457 g/mol. The van der Waals surface area contributed by atoms with Gasteiger partial charge in [0.1, 0.15) is 5.82 Å². The quantitative estimate of drug-likeness (QED) is 0.579. The molecule has 1 atom stereocenters. The molecule has 10 heteroatoms. The van der Waals surface area contributed by atoms with E-state index in [1.807, 2.05) is 0 Å². The molecule has 2 aromatic heterocycles. The van der Waals surface area contributed by atoms with E-state index in [1.165, 1.54) is 6.07 Å². The van der Waals surface area contributed by atoms with Gasteiger partial charge in [-0.1, -0.05) is 0 Å². The van der Waals surface area contributed by atoms with E-state index in [2.05, 4.69) is 26.3 Å². The number of rotatable bonds is 5. The number of carbonyl (C=O) groups is 1. The number of likely N-dealkylation sites (tertiary alicyclic amines) is 1. The number of benzene rings is 1. The first-order valence-electron chi connectivity index (χ1n) is 11.2. The summed E-state index contributed by atoms with van der Waals surface area (Å²) in [5.74, 6) is 0.483. The largest absolute Gasteiger partial charge is 0.417 e. The van der Waals surface area contributed by atoms with E-state index in [0.717, 1.165) is 31.5 Å². The van der Waals surface area contributed by atoms with Crippen molar-refractivity contribution in [2.75, 3.05) is 18.4 Å². The van der Waals surface area contributed by atoms with Gasteiger partial charge in [-0.3, -0.25) is 4.79 Å². The highest BCUT2D eigenvalue weighted by atomic mass is 19.4. The normalized spacial score (nSPS) is 18.3. The van der Waals surface area contributed by atoms with Crippen LogP contribution in [0.4, 0.5) is 19.0 Å². The van der Waals surface area contributed by atoms with Crippen LogP contribution in [0.25, 0.3) is 11.4 Å².